The van der Waals surface area contributed by atoms with Crippen molar-refractivity contribution in [3.05, 3.63) is 29.6 Å². The summed E-state index contributed by atoms with van der Waals surface area (Å²) < 4.78 is 0. The van der Waals surface area contributed by atoms with E-state index < -0.39 is 0 Å². The van der Waals surface area contributed by atoms with Crippen LogP contribution < -0.4 is 5.32 Å². The molecule has 1 N–H and O–H groups in total. The van der Waals surface area contributed by atoms with E-state index in [1.165, 1.54) is 31.4 Å². The summed E-state index contributed by atoms with van der Waals surface area (Å²) >= 11 is 0. The molecule has 1 aromatic rings. The third kappa shape index (κ3) is 4.59. The molecule has 108 valence electrons. The highest BCUT2D eigenvalue weighted by Crippen LogP contribution is 2.16. The van der Waals surface area contributed by atoms with Crippen LogP contribution in [0.3, 0.4) is 0 Å². The molecule has 0 radical (unpaired) electrons. The number of nitriles is 1. The highest BCUT2D eigenvalue weighted by Gasteiger charge is 2.16. The van der Waals surface area contributed by atoms with E-state index in [1.807, 2.05) is 12.1 Å². The number of nitrogens with one attached hydrogen (secondary N) is 1. The number of nitrogens with zero attached hydrogens (tertiary/aromatic N) is 3. The van der Waals surface area contributed by atoms with Gasteiger partial charge in [-0.2, -0.15) is 5.26 Å². The molecule has 1 saturated heterocycles. The standard InChI is InChI=1S/C16H24N4/c1-2-9-20(12-14-3-6-18-7-4-14)13-15-5-8-19-16(10-15)11-17/h5,8,10,14,18H,2-4,6-7,9,12-13H2,1H3. The largest absolute Gasteiger partial charge is 0.317 e. The lowest BCUT2D eigenvalue weighted by atomic mass is 9.97. The number of rotatable bonds is 6. The van der Waals surface area contributed by atoms with Crippen LogP contribution in [-0.4, -0.2) is 36.1 Å². The van der Waals surface area contributed by atoms with Gasteiger partial charge in [-0.1, -0.05) is 6.92 Å². The van der Waals surface area contributed by atoms with Crippen LogP contribution >= 0.6 is 0 Å². The Hall–Kier alpha value is -1.44. The first kappa shape index (κ1) is 15.0. The summed E-state index contributed by atoms with van der Waals surface area (Å²) in [6.07, 6.45) is 5.46. The lowest BCUT2D eigenvalue weighted by molar-refractivity contribution is 0.199. The molecule has 0 saturated carbocycles. The van der Waals surface area contributed by atoms with Crippen molar-refractivity contribution in [2.45, 2.75) is 32.7 Å². The Bertz CT molecular complexity index is 446. The van der Waals surface area contributed by atoms with Gasteiger partial charge in [0.2, 0.25) is 0 Å². The van der Waals surface area contributed by atoms with Crippen LogP contribution in [0.4, 0.5) is 0 Å². The Morgan fingerprint density at radius 3 is 2.95 bits per heavy atom. The second-order valence-electron chi connectivity index (χ2n) is 5.59. The summed E-state index contributed by atoms with van der Waals surface area (Å²) in [5.41, 5.74) is 1.71. The van der Waals surface area contributed by atoms with Gasteiger partial charge in [0, 0.05) is 19.3 Å². The maximum atomic E-state index is 8.93. The topological polar surface area (TPSA) is 52.0 Å². The van der Waals surface area contributed by atoms with Crippen molar-refractivity contribution < 1.29 is 0 Å². The molecule has 0 amide bonds. The molecule has 4 nitrogen and oxygen atoms in total. The zero-order chi connectivity index (χ0) is 14.2. The van der Waals surface area contributed by atoms with Crippen LogP contribution in [0.1, 0.15) is 37.4 Å². The van der Waals surface area contributed by atoms with Crippen LogP contribution in [0, 0.1) is 17.2 Å². The highest BCUT2D eigenvalue weighted by atomic mass is 15.1. The molecular formula is C16H24N4. The van der Waals surface area contributed by atoms with Gasteiger partial charge < -0.3 is 5.32 Å². The van der Waals surface area contributed by atoms with Crippen LogP contribution in [-0.2, 0) is 6.54 Å². The third-order valence-corrected chi connectivity index (χ3v) is 3.86. The second kappa shape index (κ2) is 7.98. The fourth-order valence-electron chi connectivity index (χ4n) is 2.87. The zero-order valence-electron chi connectivity index (χ0n) is 12.3. The van der Waals surface area contributed by atoms with Gasteiger partial charge in [0.25, 0.3) is 0 Å². The van der Waals surface area contributed by atoms with Gasteiger partial charge >= 0.3 is 0 Å². The van der Waals surface area contributed by atoms with Gasteiger partial charge in [-0.3, -0.25) is 4.90 Å². The van der Waals surface area contributed by atoms with Crippen LogP contribution in [0.2, 0.25) is 0 Å². The van der Waals surface area contributed by atoms with Gasteiger partial charge in [0.15, 0.2) is 0 Å². The van der Waals surface area contributed by atoms with E-state index in [2.05, 4.69) is 28.2 Å². The molecule has 2 heterocycles. The second-order valence-corrected chi connectivity index (χ2v) is 5.59. The summed E-state index contributed by atoms with van der Waals surface area (Å²) in [6, 6.07) is 6.04. The van der Waals surface area contributed by atoms with E-state index in [-0.39, 0.29) is 0 Å². The van der Waals surface area contributed by atoms with Crippen LogP contribution in [0.15, 0.2) is 18.3 Å². The number of piperidine rings is 1. The van der Waals surface area contributed by atoms with Gasteiger partial charge in [0.05, 0.1) is 0 Å². The van der Waals surface area contributed by atoms with Crippen molar-refractivity contribution >= 4 is 0 Å². The average molecular weight is 272 g/mol. The quantitative estimate of drug-likeness (QED) is 0.862. The first-order valence-electron chi connectivity index (χ1n) is 7.60. The Labute approximate surface area is 121 Å². The summed E-state index contributed by atoms with van der Waals surface area (Å²) in [5, 5.41) is 12.3. The van der Waals surface area contributed by atoms with Gasteiger partial charge in [-0.15, -0.1) is 0 Å². The molecule has 1 fully saturated rings. The first-order chi connectivity index (χ1) is 9.81. The highest BCUT2D eigenvalue weighted by molar-refractivity contribution is 5.25. The number of hydrogen-bond acceptors (Lipinski definition) is 4. The van der Waals surface area contributed by atoms with Crippen LogP contribution in [0.25, 0.3) is 0 Å². The van der Waals surface area contributed by atoms with Crippen molar-refractivity contribution in [2.24, 2.45) is 5.92 Å². The Morgan fingerprint density at radius 1 is 1.45 bits per heavy atom. The molecule has 1 aromatic heterocycles. The number of pyridine rings is 1. The summed E-state index contributed by atoms with van der Waals surface area (Å²) in [5.74, 6) is 0.806. The van der Waals surface area contributed by atoms with Gasteiger partial charge in [-0.25, -0.2) is 4.98 Å². The minimum atomic E-state index is 0.515. The minimum Gasteiger partial charge on any atom is -0.317 e. The molecule has 0 unspecified atom stereocenters. The number of aromatic nitrogens is 1. The lowest BCUT2D eigenvalue weighted by Crippen LogP contribution is -2.36. The Balaban J connectivity index is 1.95. The fourth-order valence-corrected chi connectivity index (χ4v) is 2.87. The van der Waals surface area contributed by atoms with Crippen molar-refractivity contribution in [3.8, 4) is 6.07 Å². The third-order valence-electron chi connectivity index (χ3n) is 3.86. The summed E-state index contributed by atoms with van der Waals surface area (Å²) in [7, 11) is 0. The van der Waals surface area contributed by atoms with Crippen LogP contribution in [0.5, 0.6) is 0 Å². The van der Waals surface area contributed by atoms with Crippen molar-refractivity contribution in [1.82, 2.24) is 15.2 Å². The summed E-state index contributed by atoms with van der Waals surface area (Å²) in [4.78, 5) is 6.56. The predicted molar refractivity (Wildman–Crippen MR) is 80.1 cm³/mol. The molecule has 1 aliphatic heterocycles. The van der Waals surface area contributed by atoms with Crippen molar-refractivity contribution in [2.75, 3.05) is 26.2 Å². The fraction of sp³-hybridized carbons (Fsp3) is 0.625. The molecule has 0 atom stereocenters. The maximum absolute atomic E-state index is 8.93. The molecule has 0 aliphatic carbocycles. The van der Waals surface area contributed by atoms with E-state index >= 15 is 0 Å². The minimum absolute atomic E-state index is 0.515. The lowest BCUT2D eigenvalue weighted by Gasteiger charge is -2.30. The predicted octanol–water partition coefficient (Wildman–Crippen LogP) is 2.16. The molecular weight excluding hydrogens is 248 g/mol. The Morgan fingerprint density at radius 2 is 2.25 bits per heavy atom. The molecule has 2 rings (SSSR count). The van der Waals surface area contributed by atoms with E-state index in [0.29, 0.717) is 5.69 Å². The van der Waals surface area contributed by atoms with Crippen molar-refractivity contribution in [3.63, 3.8) is 0 Å². The van der Waals surface area contributed by atoms with E-state index in [1.54, 1.807) is 6.20 Å². The Kier molecular flexibility index (Phi) is 5.97. The van der Waals surface area contributed by atoms with Crippen molar-refractivity contribution in [1.29, 1.82) is 5.26 Å². The monoisotopic (exact) mass is 272 g/mol. The first-order valence-corrected chi connectivity index (χ1v) is 7.60. The molecule has 4 heteroatoms. The van der Waals surface area contributed by atoms with E-state index in [0.717, 1.165) is 32.1 Å². The smallest absolute Gasteiger partial charge is 0.140 e. The normalized spacial score (nSPS) is 16.2. The molecule has 0 aromatic carbocycles. The molecule has 1 aliphatic rings. The van der Waals surface area contributed by atoms with Gasteiger partial charge in [0.1, 0.15) is 11.8 Å². The molecule has 0 spiro atoms. The van der Waals surface area contributed by atoms with Gasteiger partial charge in [-0.05, 0) is 62.5 Å². The molecule has 20 heavy (non-hydrogen) atoms. The number of hydrogen-bond donors (Lipinski definition) is 1. The average Bonchev–Trinajstić information content (AvgIpc) is 2.49. The SMILES string of the molecule is CCCN(Cc1ccnc(C#N)c1)CC1CCNCC1. The molecule has 0 bridgehead atoms. The zero-order valence-corrected chi connectivity index (χ0v) is 12.3. The van der Waals surface area contributed by atoms with E-state index in [9.17, 15) is 0 Å². The maximum Gasteiger partial charge on any atom is 0.140 e. The van der Waals surface area contributed by atoms with E-state index in [4.69, 9.17) is 5.26 Å². The summed E-state index contributed by atoms with van der Waals surface area (Å²) in [6.45, 7) is 7.74.